The molecule has 2 heterocycles. The molecule has 2 aromatic carbocycles. The van der Waals surface area contributed by atoms with Crippen LogP contribution in [0, 0.1) is 0 Å². The number of benzene rings is 2. The fourth-order valence-corrected chi connectivity index (χ4v) is 5.52. The number of aromatic nitrogens is 1. The van der Waals surface area contributed by atoms with Gasteiger partial charge in [0.1, 0.15) is 0 Å². The van der Waals surface area contributed by atoms with Crippen LogP contribution in [0.15, 0.2) is 68.4 Å². The zero-order chi connectivity index (χ0) is 26.7. The van der Waals surface area contributed by atoms with Crippen molar-refractivity contribution in [2.45, 2.75) is 31.7 Å². The quantitative estimate of drug-likeness (QED) is 0.258. The molecular weight excluding hydrogens is 512 g/mol. The zero-order valence-electron chi connectivity index (χ0n) is 21.1. The van der Waals surface area contributed by atoms with Crippen LogP contribution in [0.25, 0.3) is 6.08 Å². The molecule has 1 aliphatic heterocycles. The van der Waals surface area contributed by atoms with E-state index in [1.54, 1.807) is 47.5 Å². The highest BCUT2D eigenvalue weighted by Gasteiger charge is 2.33. The summed E-state index contributed by atoms with van der Waals surface area (Å²) in [5.41, 5.74) is 2.02. The molecule has 0 amide bonds. The van der Waals surface area contributed by atoms with Crippen LogP contribution in [0.2, 0.25) is 0 Å². The van der Waals surface area contributed by atoms with Gasteiger partial charge in [-0.05, 0) is 61.6 Å². The number of nitrogens with zero attached hydrogens (tertiary/aromatic N) is 2. The molecule has 1 atom stereocenters. The van der Waals surface area contributed by atoms with E-state index in [4.69, 9.17) is 14.2 Å². The average molecular weight is 539 g/mol. The van der Waals surface area contributed by atoms with Gasteiger partial charge in [0.15, 0.2) is 16.3 Å². The Kier molecular flexibility index (Phi) is 7.99. The Bertz CT molecular complexity index is 1570. The van der Waals surface area contributed by atoms with E-state index in [1.165, 1.54) is 25.4 Å². The summed E-state index contributed by atoms with van der Waals surface area (Å²) in [5.74, 6) is -0.281. The molecule has 1 aliphatic rings. The minimum Gasteiger partial charge on any atom is -0.490 e. The lowest BCUT2D eigenvalue weighted by Gasteiger charge is -2.24. The summed E-state index contributed by atoms with van der Waals surface area (Å²) in [6, 6.07) is 12.2. The van der Waals surface area contributed by atoms with E-state index >= 15 is 0 Å². The van der Waals surface area contributed by atoms with Gasteiger partial charge in [0, 0.05) is 11.8 Å². The van der Waals surface area contributed by atoms with Crippen LogP contribution in [0.5, 0.6) is 11.5 Å². The fraction of sp³-hybridized carbons (Fsp3) is 0.259. The standard InChI is InChI=1S/C27H26N2O6S2/c1-6-34-21-13-17(7-12-20(21)35-16(3)30)14-22-25(31)29-24(18-8-10-19(36-5)11-9-18)23(26(32)33-4)15(2)28-27(29)37-22/h7-14,24H,6H2,1-5H3. The van der Waals surface area contributed by atoms with Gasteiger partial charge in [0.05, 0.1) is 35.6 Å². The normalized spacial score (nSPS) is 15.2. The number of thioether (sulfide) groups is 1. The van der Waals surface area contributed by atoms with Gasteiger partial charge in [0.2, 0.25) is 0 Å². The van der Waals surface area contributed by atoms with Crippen molar-refractivity contribution in [3.05, 3.63) is 84.5 Å². The van der Waals surface area contributed by atoms with Crippen LogP contribution in [0.1, 0.15) is 37.9 Å². The van der Waals surface area contributed by atoms with Gasteiger partial charge < -0.3 is 14.2 Å². The lowest BCUT2D eigenvalue weighted by Crippen LogP contribution is -2.39. The number of methoxy groups -OCH3 is 1. The van der Waals surface area contributed by atoms with E-state index in [2.05, 4.69) is 4.99 Å². The van der Waals surface area contributed by atoms with E-state index in [0.717, 1.165) is 10.5 Å². The Balaban J connectivity index is 1.88. The average Bonchev–Trinajstić information content (AvgIpc) is 3.18. The smallest absolute Gasteiger partial charge is 0.338 e. The van der Waals surface area contributed by atoms with Crippen molar-refractivity contribution in [1.29, 1.82) is 0 Å². The number of thiazole rings is 1. The third kappa shape index (κ3) is 5.40. The van der Waals surface area contributed by atoms with Gasteiger partial charge in [-0.1, -0.05) is 29.5 Å². The number of ether oxygens (including phenoxy) is 3. The maximum Gasteiger partial charge on any atom is 0.338 e. The van der Waals surface area contributed by atoms with Crippen molar-refractivity contribution in [3.63, 3.8) is 0 Å². The molecule has 37 heavy (non-hydrogen) atoms. The zero-order valence-corrected chi connectivity index (χ0v) is 22.7. The Morgan fingerprint density at radius 3 is 2.51 bits per heavy atom. The third-order valence-corrected chi connectivity index (χ3v) is 7.40. The van der Waals surface area contributed by atoms with E-state index < -0.39 is 18.0 Å². The molecular formula is C27H26N2O6S2. The van der Waals surface area contributed by atoms with Crippen LogP contribution in [-0.4, -0.2) is 36.5 Å². The molecule has 0 spiro atoms. The molecule has 0 saturated heterocycles. The van der Waals surface area contributed by atoms with Crippen molar-refractivity contribution in [3.8, 4) is 11.5 Å². The van der Waals surface area contributed by atoms with E-state index in [-0.39, 0.29) is 5.56 Å². The lowest BCUT2D eigenvalue weighted by molar-refractivity contribution is -0.136. The molecule has 192 valence electrons. The molecule has 10 heteroatoms. The SMILES string of the molecule is CCOc1cc(C=c2sc3n(c2=O)C(c2ccc(SC)cc2)C(C(=O)OC)=C(C)N=3)ccc1OC(C)=O. The Hall–Kier alpha value is -3.63. The highest BCUT2D eigenvalue weighted by Crippen LogP contribution is 2.32. The Labute approximate surface area is 221 Å². The minimum atomic E-state index is -0.674. The van der Waals surface area contributed by atoms with Crippen LogP contribution < -0.4 is 24.4 Å². The van der Waals surface area contributed by atoms with Gasteiger partial charge in [0.25, 0.3) is 5.56 Å². The van der Waals surface area contributed by atoms with Crippen LogP contribution in [0.4, 0.5) is 0 Å². The van der Waals surface area contributed by atoms with Crippen molar-refractivity contribution < 1.29 is 23.8 Å². The van der Waals surface area contributed by atoms with Gasteiger partial charge >= 0.3 is 11.9 Å². The second-order valence-corrected chi connectivity index (χ2v) is 9.97. The second kappa shape index (κ2) is 11.2. The van der Waals surface area contributed by atoms with Crippen LogP contribution >= 0.6 is 23.1 Å². The molecule has 1 aromatic heterocycles. The first-order chi connectivity index (χ1) is 17.8. The first kappa shape index (κ1) is 26.4. The maximum atomic E-state index is 13.7. The summed E-state index contributed by atoms with van der Waals surface area (Å²) in [4.78, 5) is 44.1. The summed E-state index contributed by atoms with van der Waals surface area (Å²) in [7, 11) is 1.32. The number of carbonyl (C=O) groups is 2. The Morgan fingerprint density at radius 2 is 1.89 bits per heavy atom. The van der Waals surface area contributed by atoms with Gasteiger partial charge in [-0.25, -0.2) is 9.79 Å². The van der Waals surface area contributed by atoms with E-state index in [0.29, 0.717) is 44.3 Å². The lowest BCUT2D eigenvalue weighted by atomic mass is 9.96. The number of fused-ring (bicyclic) bond motifs is 1. The minimum absolute atomic E-state index is 0.279. The molecule has 3 aromatic rings. The van der Waals surface area contributed by atoms with Gasteiger partial charge in [-0.3, -0.25) is 14.2 Å². The fourth-order valence-electron chi connectivity index (χ4n) is 4.07. The number of allylic oxidation sites excluding steroid dienone is 1. The second-order valence-electron chi connectivity index (χ2n) is 8.08. The number of esters is 2. The largest absolute Gasteiger partial charge is 0.490 e. The number of rotatable bonds is 7. The van der Waals surface area contributed by atoms with Crippen molar-refractivity contribution >= 4 is 41.1 Å². The number of hydrogen-bond donors (Lipinski definition) is 0. The van der Waals surface area contributed by atoms with Gasteiger partial charge in [-0.15, -0.1) is 11.8 Å². The molecule has 0 radical (unpaired) electrons. The highest BCUT2D eigenvalue weighted by atomic mass is 32.2. The summed E-state index contributed by atoms with van der Waals surface area (Å²) in [5, 5.41) is 0. The first-order valence-corrected chi connectivity index (χ1v) is 13.5. The number of hydrogen-bond acceptors (Lipinski definition) is 9. The van der Waals surface area contributed by atoms with Crippen LogP contribution in [0.3, 0.4) is 0 Å². The van der Waals surface area contributed by atoms with E-state index in [1.807, 2.05) is 37.4 Å². The predicted octanol–water partition coefficient (Wildman–Crippen LogP) is 3.45. The molecule has 0 aliphatic carbocycles. The molecule has 0 bridgehead atoms. The summed E-state index contributed by atoms with van der Waals surface area (Å²) in [6.07, 6.45) is 3.71. The summed E-state index contributed by atoms with van der Waals surface area (Å²) < 4.78 is 17.9. The molecule has 8 nitrogen and oxygen atoms in total. The van der Waals surface area contributed by atoms with Crippen molar-refractivity contribution in [2.75, 3.05) is 20.0 Å². The molecule has 0 N–H and O–H groups in total. The third-order valence-electron chi connectivity index (χ3n) is 5.68. The van der Waals surface area contributed by atoms with Crippen molar-refractivity contribution in [2.24, 2.45) is 4.99 Å². The topological polar surface area (TPSA) is 96.2 Å². The number of carbonyl (C=O) groups excluding carboxylic acids is 2. The summed E-state index contributed by atoms with van der Waals surface area (Å²) in [6.45, 7) is 5.27. The molecule has 0 fully saturated rings. The maximum absolute atomic E-state index is 13.7. The molecule has 1 unspecified atom stereocenters. The van der Waals surface area contributed by atoms with Crippen LogP contribution in [-0.2, 0) is 14.3 Å². The van der Waals surface area contributed by atoms with Crippen molar-refractivity contribution in [1.82, 2.24) is 4.57 Å². The summed E-state index contributed by atoms with van der Waals surface area (Å²) >= 11 is 2.84. The predicted molar refractivity (Wildman–Crippen MR) is 143 cm³/mol. The monoisotopic (exact) mass is 538 g/mol. The van der Waals surface area contributed by atoms with Gasteiger partial charge in [-0.2, -0.15) is 0 Å². The van der Waals surface area contributed by atoms with E-state index in [9.17, 15) is 14.4 Å². The molecule has 0 saturated carbocycles. The highest BCUT2D eigenvalue weighted by molar-refractivity contribution is 7.98. The molecule has 4 rings (SSSR count). The Morgan fingerprint density at radius 1 is 1.16 bits per heavy atom. The first-order valence-electron chi connectivity index (χ1n) is 11.5.